The van der Waals surface area contributed by atoms with Gasteiger partial charge in [-0.05, 0) is 19.4 Å². The molecule has 108 valence electrons. The first-order valence-corrected chi connectivity index (χ1v) is 6.47. The van der Waals surface area contributed by atoms with Crippen LogP contribution in [0, 0.1) is 5.92 Å². The molecule has 0 saturated carbocycles. The normalized spacial score (nSPS) is 11.6. The van der Waals surface area contributed by atoms with Gasteiger partial charge in [-0.2, -0.15) is 0 Å². The third-order valence-electron chi connectivity index (χ3n) is 2.88. The van der Waals surface area contributed by atoms with Crippen molar-refractivity contribution in [1.82, 2.24) is 4.90 Å². The molecule has 0 heterocycles. The number of rotatable bonds is 6. The Balaban J connectivity index is 2.64. The zero-order valence-corrected chi connectivity index (χ0v) is 12.0. The van der Waals surface area contributed by atoms with Crippen LogP contribution in [0.3, 0.4) is 0 Å². The molecule has 0 fully saturated rings. The molecule has 0 aliphatic heterocycles. The van der Waals surface area contributed by atoms with E-state index in [2.05, 4.69) is 4.74 Å². The number of nitrogens with zero attached hydrogens (tertiary/aromatic N) is 1. The van der Waals surface area contributed by atoms with E-state index in [4.69, 9.17) is 0 Å². The van der Waals surface area contributed by atoms with E-state index in [9.17, 15) is 14.4 Å². The summed E-state index contributed by atoms with van der Waals surface area (Å²) in [5.74, 6) is -3.19. The summed E-state index contributed by atoms with van der Waals surface area (Å²) >= 11 is 0. The summed E-state index contributed by atoms with van der Waals surface area (Å²) in [5, 5.41) is 0. The highest BCUT2D eigenvalue weighted by atomic mass is 16.5. The lowest BCUT2D eigenvalue weighted by molar-refractivity contribution is -0.158. The Kier molecular flexibility index (Phi) is 5.90. The molecular formula is C15H19NO4. The average Bonchev–Trinajstić information content (AvgIpc) is 2.46. The maximum absolute atomic E-state index is 12.1. The largest absolute Gasteiger partial charge is 0.460 e. The Morgan fingerprint density at radius 3 is 2.35 bits per heavy atom. The number of esters is 1. The van der Waals surface area contributed by atoms with Crippen LogP contribution in [0.2, 0.25) is 0 Å². The van der Waals surface area contributed by atoms with E-state index >= 15 is 0 Å². The summed E-state index contributed by atoms with van der Waals surface area (Å²) in [6, 6.07) is 9.42. The van der Waals surface area contributed by atoms with Crippen molar-refractivity contribution in [3.63, 3.8) is 0 Å². The Bertz CT molecular complexity index is 484. The molecule has 0 aromatic heterocycles. The van der Waals surface area contributed by atoms with Gasteiger partial charge in [0.25, 0.3) is 5.78 Å². The van der Waals surface area contributed by atoms with E-state index in [1.54, 1.807) is 14.0 Å². The van der Waals surface area contributed by atoms with E-state index in [-0.39, 0.29) is 6.61 Å². The zero-order chi connectivity index (χ0) is 15.1. The van der Waals surface area contributed by atoms with Crippen molar-refractivity contribution in [2.75, 3.05) is 13.7 Å². The summed E-state index contributed by atoms with van der Waals surface area (Å²) < 4.78 is 4.61. The molecule has 20 heavy (non-hydrogen) atoms. The topological polar surface area (TPSA) is 63.7 Å². The fourth-order valence-corrected chi connectivity index (χ4v) is 1.76. The average molecular weight is 277 g/mol. The van der Waals surface area contributed by atoms with Crippen LogP contribution in [-0.4, -0.2) is 36.2 Å². The molecule has 1 rings (SSSR count). The second-order valence-electron chi connectivity index (χ2n) is 4.49. The second-order valence-corrected chi connectivity index (χ2v) is 4.49. The van der Waals surface area contributed by atoms with Crippen LogP contribution in [0.5, 0.6) is 0 Å². The summed E-state index contributed by atoms with van der Waals surface area (Å²) in [7, 11) is 1.60. The van der Waals surface area contributed by atoms with Gasteiger partial charge < -0.3 is 9.64 Å². The first-order valence-electron chi connectivity index (χ1n) is 6.47. The van der Waals surface area contributed by atoms with Gasteiger partial charge in [-0.15, -0.1) is 0 Å². The number of Topliss-reactive ketones (excluding diaryl/α,β-unsaturated/α-hetero) is 1. The van der Waals surface area contributed by atoms with Gasteiger partial charge in [0.2, 0.25) is 5.91 Å². The number of benzene rings is 1. The number of carbonyl (C=O) groups excluding carboxylic acids is 3. The third kappa shape index (κ3) is 4.19. The molecule has 5 nitrogen and oxygen atoms in total. The van der Waals surface area contributed by atoms with E-state index in [0.29, 0.717) is 6.54 Å². The van der Waals surface area contributed by atoms with Crippen LogP contribution in [0.1, 0.15) is 19.4 Å². The van der Waals surface area contributed by atoms with E-state index < -0.39 is 23.6 Å². The SMILES string of the molecule is CCOC(=O)C(=O)C(C)C(=O)N(C)Cc1ccccc1. The van der Waals surface area contributed by atoms with Crippen molar-refractivity contribution in [2.24, 2.45) is 5.92 Å². The van der Waals surface area contributed by atoms with Gasteiger partial charge >= 0.3 is 5.97 Å². The number of ketones is 1. The zero-order valence-electron chi connectivity index (χ0n) is 12.0. The molecule has 1 aromatic carbocycles. The van der Waals surface area contributed by atoms with Gasteiger partial charge in [0.15, 0.2) is 0 Å². The molecule has 1 unspecified atom stereocenters. The predicted octanol–water partition coefficient (Wildman–Crippen LogP) is 1.41. The number of hydrogen-bond donors (Lipinski definition) is 0. The van der Waals surface area contributed by atoms with Crippen LogP contribution in [0.4, 0.5) is 0 Å². The summed E-state index contributed by atoms with van der Waals surface area (Å²) in [5.41, 5.74) is 0.958. The standard InChI is InChI=1S/C15H19NO4/c1-4-20-15(19)13(17)11(2)14(18)16(3)10-12-8-6-5-7-9-12/h5-9,11H,4,10H2,1-3H3. The van der Waals surface area contributed by atoms with Crippen LogP contribution >= 0.6 is 0 Å². The smallest absolute Gasteiger partial charge is 0.375 e. The number of ether oxygens (including phenoxy) is 1. The number of hydrogen-bond acceptors (Lipinski definition) is 4. The molecule has 1 atom stereocenters. The highest BCUT2D eigenvalue weighted by Crippen LogP contribution is 2.08. The summed E-state index contributed by atoms with van der Waals surface area (Å²) in [6.45, 7) is 3.54. The minimum atomic E-state index is -1.03. The number of amides is 1. The molecule has 0 saturated heterocycles. The van der Waals surface area contributed by atoms with Crippen molar-refractivity contribution in [1.29, 1.82) is 0 Å². The van der Waals surface area contributed by atoms with Gasteiger partial charge in [0, 0.05) is 13.6 Å². The summed E-state index contributed by atoms with van der Waals surface area (Å²) in [4.78, 5) is 36.6. The van der Waals surface area contributed by atoms with Crippen LogP contribution in [0.25, 0.3) is 0 Å². The Morgan fingerprint density at radius 2 is 1.80 bits per heavy atom. The molecule has 0 spiro atoms. The number of carbonyl (C=O) groups is 3. The molecule has 0 aliphatic carbocycles. The Labute approximate surface area is 118 Å². The van der Waals surface area contributed by atoms with E-state index in [1.165, 1.54) is 11.8 Å². The van der Waals surface area contributed by atoms with Crippen molar-refractivity contribution in [3.8, 4) is 0 Å². The highest BCUT2D eigenvalue weighted by Gasteiger charge is 2.30. The van der Waals surface area contributed by atoms with Crippen LogP contribution in [-0.2, 0) is 25.7 Å². The van der Waals surface area contributed by atoms with Crippen LogP contribution < -0.4 is 0 Å². The van der Waals surface area contributed by atoms with Gasteiger partial charge in [0.1, 0.15) is 5.92 Å². The molecule has 0 radical (unpaired) electrons. The molecule has 1 amide bonds. The van der Waals surface area contributed by atoms with Gasteiger partial charge in [-0.25, -0.2) is 4.79 Å². The third-order valence-corrected chi connectivity index (χ3v) is 2.88. The molecule has 1 aromatic rings. The fourth-order valence-electron chi connectivity index (χ4n) is 1.76. The van der Waals surface area contributed by atoms with E-state index in [0.717, 1.165) is 5.56 Å². The van der Waals surface area contributed by atoms with Gasteiger partial charge in [-0.1, -0.05) is 30.3 Å². The first kappa shape index (κ1) is 15.9. The van der Waals surface area contributed by atoms with Crippen LogP contribution in [0.15, 0.2) is 30.3 Å². The quantitative estimate of drug-likeness (QED) is 0.448. The Morgan fingerprint density at radius 1 is 1.20 bits per heavy atom. The van der Waals surface area contributed by atoms with Crippen molar-refractivity contribution < 1.29 is 19.1 Å². The van der Waals surface area contributed by atoms with Crippen molar-refractivity contribution in [3.05, 3.63) is 35.9 Å². The first-order chi connectivity index (χ1) is 9.47. The molecular weight excluding hydrogens is 258 g/mol. The lowest BCUT2D eigenvalue weighted by atomic mass is 10.0. The van der Waals surface area contributed by atoms with Gasteiger partial charge in [0.05, 0.1) is 6.61 Å². The lowest BCUT2D eigenvalue weighted by Crippen LogP contribution is -2.38. The summed E-state index contributed by atoms with van der Waals surface area (Å²) in [6.07, 6.45) is 0. The predicted molar refractivity (Wildman–Crippen MR) is 73.7 cm³/mol. The minimum Gasteiger partial charge on any atom is -0.460 e. The van der Waals surface area contributed by atoms with E-state index in [1.807, 2.05) is 30.3 Å². The molecule has 5 heteroatoms. The van der Waals surface area contributed by atoms with Gasteiger partial charge in [-0.3, -0.25) is 9.59 Å². The molecule has 0 aliphatic rings. The fraction of sp³-hybridized carbons (Fsp3) is 0.400. The second kappa shape index (κ2) is 7.43. The Hall–Kier alpha value is -2.17. The highest BCUT2D eigenvalue weighted by molar-refractivity contribution is 6.38. The minimum absolute atomic E-state index is 0.116. The maximum Gasteiger partial charge on any atom is 0.375 e. The molecule has 0 N–H and O–H groups in total. The monoisotopic (exact) mass is 277 g/mol. The molecule has 0 bridgehead atoms. The maximum atomic E-state index is 12.1. The van der Waals surface area contributed by atoms with Crippen molar-refractivity contribution >= 4 is 17.7 Å². The van der Waals surface area contributed by atoms with Crippen molar-refractivity contribution in [2.45, 2.75) is 20.4 Å². The lowest BCUT2D eigenvalue weighted by Gasteiger charge is -2.20.